The minimum Gasteiger partial charge on any atom is -0.497 e. The van der Waals surface area contributed by atoms with Crippen molar-refractivity contribution < 1.29 is 9.47 Å². The Kier molecular flexibility index (Phi) is 3.51. The molecule has 1 aliphatic rings. The molecule has 0 bridgehead atoms. The minimum atomic E-state index is 0.205. The van der Waals surface area contributed by atoms with Crippen LogP contribution >= 0.6 is 0 Å². The SMILES string of the molecule is COc1ccc([C@H]2CC[C@@H](c3ccccc3)O2)cc1. The maximum Gasteiger partial charge on any atom is 0.118 e. The molecule has 0 N–H and O–H groups in total. The highest BCUT2D eigenvalue weighted by Gasteiger charge is 2.27. The van der Waals surface area contributed by atoms with E-state index in [1.165, 1.54) is 11.1 Å². The Balaban J connectivity index is 1.71. The predicted octanol–water partition coefficient (Wildman–Crippen LogP) is 4.29. The minimum absolute atomic E-state index is 0.205. The van der Waals surface area contributed by atoms with Gasteiger partial charge in [-0.1, -0.05) is 42.5 Å². The predicted molar refractivity (Wildman–Crippen MR) is 75.2 cm³/mol. The summed E-state index contributed by atoms with van der Waals surface area (Å²) in [6, 6.07) is 18.6. The van der Waals surface area contributed by atoms with E-state index in [1.807, 2.05) is 18.2 Å². The van der Waals surface area contributed by atoms with Gasteiger partial charge in [-0.05, 0) is 36.1 Å². The lowest BCUT2D eigenvalue weighted by Crippen LogP contribution is -1.99. The fraction of sp³-hybridized carbons (Fsp3) is 0.294. The molecule has 0 aliphatic carbocycles. The molecule has 0 unspecified atom stereocenters. The second kappa shape index (κ2) is 5.45. The van der Waals surface area contributed by atoms with Gasteiger partial charge in [-0.3, -0.25) is 0 Å². The van der Waals surface area contributed by atoms with Crippen molar-refractivity contribution >= 4 is 0 Å². The lowest BCUT2D eigenvalue weighted by molar-refractivity contribution is 0.0441. The number of rotatable bonds is 3. The van der Waals surface area contributed by atoms with Crippen LogP contribution in [0.3, 0.4) is 0 Å². The zero-order valence-electron chi connectivity index (χ0n) is 11.1. The highest BCUT2D eigenvalue weighted by Crippen LogP contribution is 2.40. The molecule has 1 heterocycles. The van der Waals surface area contributed by atoms with Crippen LogP contribution in [0, 0.1) is 0 Å². The highest BCUT2D eigenvalue weighted by atomic mass is 16.5. The van der Waals surface area contributed by atoms with Crippen molar-refractivity contribution in [3.05, 3.63) is 65.7 Å². The van der Waals surface area contributed by atoms with Crippen molar-refractivity contribution in [1.82, 2.24) is 0 Å². The van der Waals surface area contributed by atoms with E-state index in [0.29, 0.717) is 0 Å². The van der Waals surface area contributed by atoms with Gasteiger partial charge in [0, 0.05) is 0 Å². The first-order valence-electron chi connectivity index (χ1n) is 6.71. The molecule has 1 aliphatic heterocycles. The molecule has 19 heavy (non-hydrogen) atoms. The van der Waals surface area contributed by atoms with E-state index in [-0.39, 0.29) is 12.2 Å². The Morgan fingerprint density at radius 1 is 0.842 bits per heavy atom. The Labute approximate surface area is 114 Å². The van der Waals surface area contributed by atoms with E-state index in [1.54, 1.807) is 7.11 Å². The van der Waals surface area contributed by atoms with Crippen LogP contribution in [0.4, 0.5) is 0 Å². The normalized spacial score (nSPS) is 22.4. The molecule has 2 aromatic carbocycles. The van der Waals surface area contributed by atoms with Gasteiger partial charge in [0.25, 0.3) is 0 Å². The number of benzene rings is 2. The fourth-order valence-corrected chi connectivity index (χ4v) is 2.61. The first-order chi connectivity index (χ1) is 9.36. The van der Waals surface area contributed by atoms with Gasteiger partial charge >= 0.3 is 0 Å². The summed E-state index contributed by atoms with van der Waals surface area (Å²) in [5.74, 6) is 0.890. The highest BCUT2D eigenvalue weighted by molar-refractivity contribution is 5.29. The summed E-state index contributed by atoms with van der Waals surface area (Å²) >= 11 is 0. The monoisotopic (exact) mass is 254 g/mol. The maximum atomic E-state index is 6.17. The Hall–Kier alpha value is -1.80. The van der Waals surface area contributed by atoms with E-state index >= 15 is 0 Å². The van der Waals surface area contributed by atoms with Crippen molar-refractivity contribution in [2.75, 3.05) is 7.11 Å². The molecule has 0 saturated carbocycles. The number of methoxy groups -OCH3 is 1. The van der Waals surface area contributed by atoms with E-state index in [0.717, 1.165) is 18.6 Å². The van der Waals surface area contributed by atoms with Crippen molar-refractivity contribution in [1.29, 1.82) is 0 Å². The second-order valence-electron chi connectivity index (χ2n) is 4.87. The van der Waals surface area contributed by atoms with Gasteiger partial charge in [-0.15, -0.1) is 0 Å². The van der Waals surface area contributed by atoms with Gasteiger partial charge in [0.05, 0.1) is 19.3 Å². The number of hydrogen-bond acceptors (Lipinski definition) is 2. The summed E-state index contributed by atoms with van der Waals surface area (Å²) in [6.45, 7) is 0. The van der Waals surface area contributed by atoms with Crippen LogP contribution in [0.1, 0.15) is 36.2 Å². The van der Waals surface area contributed by atoms with Crippen LogP contribution in [0.15, 0.2) is 54.6 Å². The summed E-state index contributed by atoms with van der Waals surface area (Å²) in [4.78, 5) is 0. The molecule has 3 rings (SSSR count). The molecule has 2 heteroatoms. The first kappa shape index (κ1) is 12.2. The van der Waals surface area contributed by atoms with Crippen LogP contribution in [-0.4, -0.2) is 7.11 Å². The molecule has 0 aromatic heterocycles. The maximum absolute atomic E-state index is 6.17. The van der Waals surface area contributed by atoms with Crippen molar-refractivity contribution in [2.24, 2.45) is 0 Å². The van der Waals surface area contributed by atoms with Crippen LogP contribution in [-0.2, 0) is 4.74 Å². The van der Waals surface area contributed by atoms with E-state index in [9.17, 15) is 0 Å². The quantitative estimate of drug-likeness (QED) is 0.813. The summed E-state index contributed by atoms with van der Waals surface area (Å²) < 4.78 is 11.3. The summed E-state index contributed by atoms with van der Waals surface area (Å²) in [6.07, 6.45) is 2.59. The Morgan fingerprint density at radius 3 is 2.00 bits per heavy atom. The van der Waals surface area contributed by atoms with Crippen LogP contribution in [0.2, 0.25) is 0 Å². The molecule has 2 nitrogen and oxygen atoms in total. The third-order valence-electron chi connectivity index (χ3n) is 3.68. The summed E-state index contributed by atoms with van der Waals surface area (Å²) in [5.41, 5.74) is 2.51. The lowest BCUT2D eigenvalue weighted by atomic mass is 10.0. The summed E-state index contributed by atoms with van der Waals surface area (Å²) in [5, 5.41) is 0. The largest absolute Gasteiger partial charge is 0.497 e. The zero-order valence-corrected chi connectivity index (χ0v) is 11.1. The fourth-order valence-electron chi connectivity index (χ4n) is 2.61. The van der Waals surface area contributed by atoms with E-state index in [4.69, 9.17) is 9.47 Å². The average molecular weight is 254 g/mol. The van der Waals surface area contributed by atoms with Gasteiger partial charge in [-0.2, -0.15) is 0 Å². The summed E-state index contributed by atoms with van der Waals surface area (Å²) in [7, 11) is 1.69. The van der Waals surface area contributed by atoms with E-state index < -0.39 is 0 Å². The molecular weight excluding hydrogens is 236 g/mol. The molecule has 0 spiro atoms. The smallest absolute Gasteiger partial charge is 0.118 e. The molecular formula is C17H18O2. The molecule has 1 saturated heterocycles. The second-order valence-corrected chi connectivity index (χ2v) is 4.87. The third-order valence-corrected chi connectivity index (χ3v) is 3.68. The first-order valence-corrected chi connectivity index (χ1v) is 6.71. The molecule has 0 radical (unpaired) electrons. The van der Waals surface area contributed by atoms with Gasteiger partial charge in [-0.25, -0.2) is 0 Å². The van der Waals surface area contributed by atoms with Crippen LogP contribution in [0.5, 0.6) is 5.75 Å². The van der Waals surface area contributed by atoms with Crippen LogP contribution in [0.25, 0.3) is 0 Å². The van der Waals surface area contributed by atoms with Gasteiger partial charge in [0.2, 0.25) is 0 Å². The molecule has 2 aromatic rings. The van der Waals surface area contributed by atoms with E-state index in [2.05, 4.69) is 36.4 Å². The zero-order chi connectivity index (χ0) is 13.1. The van der Waals surface area contributed by atoms with Crippen molar-refractivity contribution in [3.8, 4) is 5.75 Å². The topological polar surface area (TPSA) is 18.5 Å². The van der Waals surface area contributed by atoms with Crippen molar-refractivity contribution in [3.63, 3.8) is 0 Å². The standard InChI is InChI=1S/C17H18O2/c1-18-15-9-7-14(8-10-15)17-12-11-16(19-17)13-5-3-2-4-6-13/h2-10,16-17H,11-12H2,1H3/t16-,17+/m0/s1. The molecule has 1 fully saturated rings. The van der Waals surface area contributed by atoms with Crippen LogP contribution < -0.4 is 4.74 Å². The van der Waals surface area contributed by atoms with Crippen molar-refractivity contribution in [2.45, 2.75) is 25.0 Å². The van der Waals surface area contributed by atoms with Gasteiger partial charge in [0.1, 0.15) is 5.75 Å². The van der Waals surface area contributed by atoms with Gasteiger partial charge in [0.15, 0.2) is 0 Å². The molecule has 98 valence electrons. The Bertz CT molecular complexity index is 519. The molecule has 0 amide bonds. The number of ether oxygens (including phenoxy) is 2. The average Bonchev–Trinajstić information content (AvgIpc) is 2.98. The third kappa shape index (κ3) is 2.64. The number of hydrogen-bond donors (Lipinski definition) is 0. The Morgan fingerprint density at radius 2 is 1.42 bits per heavy atom. The molecule has 2 atom stereocenters. The lowest BCUT2D eigenvalue weighted by Gasteiger charge is -2.14. The van der Waals surface area contributed by atoms with Gasteiger partial charge < -0.3 is 9.47 Å².